The van der Waals surface area contributed by atoms with Crippen molar-refractivity contribution in [2.24, 2.45) is 0 Å². The molecule has 1 heterocycles. The lowest BCUT2D eigenvalue weighted by Crippen LogP contribution is -2.44. The van der Waals surface area contributed by atoms with Crippen molar-refractivity contribution in [2.45, 2.75) is 6.92 Å². The number of hydrogen-bond donors (Lipinski definition) is 1. The third-order valence-corrected chi connectivity index (χ3v) is 4.74. The van der Waals surface area contributed by atoms with Crippen LogP contribution in [0.25, 0.3) is 0 Å². The first kappa shape index (κ1) is 17.7. The Balaban J connectivity index is 1.74. The molecule has 3 rings (SSSR count). The monoisotopic (exact) mass is 361 g/mol. The van der Waals surface area contributed by atoms with Crippen LogP contribution in [0.2, 0.25) is 5.02 Å². The zero-order chi connectivity index (χ0) is 18.0. The van der Waals surface area contributed by atoms with Gasteiger partial charge in [0.25, 0.3) is 5.91 Å². The summed E-state index contributed by atoms with van der Waals surface area (Å²) in [5.41, 5.74) is 2.74. The fourth-order valence-electron chi connectivity index (χ4n) is 2.91. The van der Waals surface area contributed by atoms with Crippen LogP contribution in [0.5, 0.6) is 0 Å². The molecule has 0 radical (unpaired) electrons. The van der Waals surface area contributed by atoms with Gasteiger partial charge in [-0.2, -0.15) is 0 Å². The number of benzene rings is 2. The normalized spacial score (nSPS) is 15.3. The standard InChI is InChI=1S/C19H21ClFN3O/c1-13-11-15(24-9-7-23(2)8-10-24)4-6-18(13)22-19(25)16-5-3-14(20)12-17(16)21/h3-6,11-12H,7-10H2,1-2H3,(H,22,25). The first-order valence-corrected chi connectivity index (χ1v) is 8.62. The van der Waals surface area contributed by atoms with E-state index >= 15 is 0 Å². The van der Waals surface area contributed by atoms with Crippen molar-refractivity contribution in [3.8, 4) is 0 Å². The molecule has 2 aromatic carbocycles. The van der Waals surface area contributed by atoms with E-state index in [1.807, 2.05) is 19.1 Å². The lowest BCUT2D eigenvalue weighted by molar-refractivity contribution is 0.102. The summed E-state index contributed by atoms with van der Waals surface area (Å²) < 4.78 is 13.9. The van der Waals surface area contributed by atoms with Crippen molar-refractivity contribution in [3.63, 3.8) is 0 Å². The molecule has 2 aromatic rings. The molecule has 1 amide bonds. The van der Waals surface area contributed by atoms with Crippen LogP contribution in [-0.4, -0.2) is 44.0 Å². The van der Waals surface area contributed by atoms with Gasteiger partial charge in [-0.05, 0) is 55.9 Å². The number of piperazine rings is 1. The van der Waals surface area contributed by atoms with E-state index in [2.05, 4.69) is 28.2 Å². The van der Waals surface area contributed by atoms with Gasteiger partial charge in [-0.3, -0.25) is 4.79 Å². The average Bonchev–Trinajstić information content (AvgIpc) is 2.57. The molecule has 1 aliphatic rings. The number of hydrogen-bond acceptors (Lipinski definition) is 3. The molecule has 1 aliphatic heterocycles. The Morgan fingerprint density at radius 1 is 1.12 bits per heavy atom. The largest absolute Gasteiger partial charge is 0.369 e. The number of carbonyl (C=O) groups excluding carboxylic acids is 1. The van der Waals surface area contributed by atoms with Crippen LogP contribution in [0.15, 0.2) is 36.4 Å². The second kappa shape index (κ2) is 7.42. The molecular formula is C19H21ClFN3O. The number of halogens is 2. The summed E-state index contributed by atoms with van der Waals surface area (Å²) in [7, 11) is 2.12. The summed E-state index contributed by atoms with van der Waals surface area (Å²) in [6, 6.07) is 9.95. The first-order valence-electron chi connectivity index (χ1n) is 8.24. The van der Waals surface area contributed by atoms with Gasteiger partial charge in [0, 0.05) is 42.6 Å². The predicted octanol–water partition coefficient (Wildman–Crippen LogP) is 3.79. The van der Waals surface area contributed by atoms with Gasteiger partial charge in [0.05, 0.1) is 5.56 Å². The van der Waals surface area contributed by atoms with Gasteiger partial charge in [0.1, 0.15) is 5.82 Å². The number of aryl methyl sites for hydroxylation is 1. The molecule has 4 nitrogen and oxygen atoms in total. The summed E-state index contributed by atoms with van der Waals surface area (Å²) in [4.78, 5) is 16.9. The van der Waals surface area contributed by atoms with Crippen LogP contribution in [0.1, 0.15) is 15.9 Å². The van der Waals surface area contributed by atoms with Crippen molar-refractivity contribution >= 4 is 28.9 Å². The summed E-state index contributed by atoms with van der Waals surface area (Å²) in [6.07, 6.45) is 0. The van der Waals surface area contributed by atoms with Gasteiger partial charge in [-0.1, -0.05) is 11.6 Å². The number of carbonyl (C=O) groups is 1. The van der Waals surface area contributed by atoms with Gasteiger partial charge < -0.3 is 15.1 Å². The molecule has 1 N–H and O–H groups in total. The molecule has 0 saturated carbocycles. The number of nitrogens with zero attached hydrogens (tertiary/aromatic N) is 2. The van der Waals surface area contributed by atoms with Gasteiger partial charge in [0.15, 0.2) is 0 Å². The van der Waals surface area contributed by atoms with Crippen molar-refractivity contribution in [1.29, 1.82) is 0 Å². The molecule has 0 atom stereocenters. The third-order valence-electron chi connectivity index (χ3n) is 4.50. The maximum Gasteiger partial charge on any atom is 0.258 e. The Hall–Kier alpha value is -2.11. The minimum Gasteiger partial charge on any atom is -0.369 e. The zero-order valence-electron chi connectivity index (χ0n) is 14.4. The molecule has 0 unspecified atom stereocenters. The van der Waals surface area contributed by atoms with E-state index in [-0.39, 0.29) is 10.6 Å². The van der Waals surface area contributed by atoms with Gasteiger partial charge in [-0.15, -0.1) is 0 Å². The van der Waals surface area contributed by atoms with E-state index in [1.54, 1.807) is 0 Å². The zero-order valence-corrected chi connectivity index (χ0v) is 15.1. The van der Waals surface area contributed by atoms with E-state index in [0.29, 0.717) is 5.69 Å². The minimum absolute atomic E-state index is 0.0213. The third kappa shape index (κ3) is 4.11. The number of amides is 1. The first-order chi connectivity index (χ1) is 11.9. The molecule has 1 saturated heterocycles. The second-order valence-electron chi connectivity index (χ2n) is 6.37. The van der Waals surface area contributed by atoms with E-state index < -0.39 is 11.7 Å². The van der Waals surface area contributed by atoms with E-state index in [0.717, 1.165) is 43.5 Å². The summed E-state index contributed by atoms with van der Waals surface area (Å²) in [6.45, 7) is 5.98. The van der Waals surface area contributed by atoms with E-state index in [9.17, 15) is 9.18 Å². The van der Waals surface area contributed by atoms with Crippen LogP contribution in [0.4, 0.5) is 15.8 Å². The molecule has 1 fully saturated rings. The Labute approximate surface area is 152 Å². The van der Waals surface area contributed by atoms with Crippen LogP contribution >= 0.6 is 11.6 Å². The van der Waals surface area contributed by atoms with Crippen molar-refractivity contribution in [2.75, 3.05) is 43.4 Å². The smallest absolute Gasteiger partial charge is 0.258 e. The lowest BCUT2D eigenvalue weighted by Gasteiger charge is -2.34. The van der Waals surface area contributed by atoms with E-state index in [1.165, 1.54) is 12.1 Å². The number of rotatable bonds is 3. The van der Waals surface area contributed by atoms with Crippen LogP contribution in [0, 0.1) is 12.7 Å². The quantitative estimate of drug-likeness (QED) is 0.903. The molecule has 0 aliphatic carbocycles. The van der Waals surface area contributed by atoms with Crippen LogP contribution < -0.4 is 10.2 Å². The number of anilines is 2. The molecule has 0 bridgehead atoms. The van der Waals surface area contributed by atoms with Crippen LogP contribution in [-0.2, 0) is 0 Å². The van der Waals surface area contributed by atoms with Gasteiger partial charge in [0.2, 0.25) is 0 Å². The number of likely N-dealkylation sites (N-methyl/N-ethyl adjacent to an activating group) is 1. The molecular weight excluding hydrogens is 341 g/mol. The Morgan fingerprint density at radius 3 is 2.48 bits per heavy atom. The summed E-state index contributed by atoms with van der Waals surface area (Å²) in [5.74, 6) is -1.11. The maximum atomic E-state index is 13.9. The van der Waals surface area contributed by atoms with Crippen molar-refractivity contribution in [1.82, 2.24) is 4.90 Å². The molecule has 0 spiro atoms. The predicted molar refractivity (Wildman–Crippen MR) is 100 cm³/mol. The highest BCUT2D eigenvalue weighted by Crippen LogP contribution is 2.24. The molecule has 132 valence electrons. The topological polar surface area (TPSA) is 35.6 Å². The second-order valence-corrected chi connectivity index (χ2v) is 6.80. The highest BCUT2D eigenvalue weighted by Gasteiger charge is 2.16. The van der Waals surface area contributed by atoms with Crippen LogP contribution in [0.3, 0.4) is 0 Å². The van der Waals surface area contributed by atoms with Crippen molar-refractivity contribution in [3.05, 3.63) is 58.4 Å². The lowest BCUT2D eigenvalue weighted by atomic mass is 10.1. The molecule has 6 heteroatoms. The fourth-order valence-corrected chi connectivity index (χ4v) is 3.07. The Bertz CT molecular complexity index is 788. The highest BCUT2D eigenvalue weighted by atomic mass is 35.5. The molecule has 25 heavy (non-hydrogen) atoms. The molecule has 0 aromatic heterocycles. The SMILES string of the molecule is Cc1cc(N2CCN(C)CC2)ccc1NC(=O)c1ccc(Cl)cc1F. The Morgan fingerprint density at radius 2 is 1.84 bits per heavy atom. The summed E-state index contributed by atoms with van der Waals surface area (Å²) >= 11 is 5.73. The van der Waals surface area contributed by atoms with Crippen molar-refractivity contribution < 1.29 is 9.18 Å². The number of nitrogens with one attached hydrogen (secondary N) is 1. The highest BCUT2D eigenvalue weighted by molar-refractivity contribution is 6.30. The maximum absolute atomic E-state index is 13.9. The average molecular weight is 362 g/mol. The summed E-state index contributed by atoms with van der Waals surface area (Å²) in [5, 5.41) is 3.04. The Kier molecular flexibility index (Phi) is 5.25. The fraction of sp³-hybridized carbons (Fsp3) is 0.316. The van der Waals surface area contributed by atoms with E-state index in [4.69, 9.17) is 11.6 Å². The van der Waals surface area contributed by atoms with Gasteiger partial charge >= 0.3 is 0 Å². The minimum atomic E-state index is -0.628. The van der Waals surface area contributed by atoms with Gasteiger partial charge in [-0.25, -0.2) is 4.39 Å².